The Kier molecular flexibility index (Phi) is 1.28. The van der Waals surface area contributed by atoms with E-state index in [0.717, 1.165) is 22.7 Å². The molecule has 4 atom stereocenters. The lowest BCUT2D eigenvalue weighted by Crippen LogP contribution is -2.36. The molecule has 0 aromatic rings. The maximum absolute atomic E-state index is 2.49. The molecular weight excluding hydrogens is 132 g/mol. The highest BCUT2D eigenvalue weighted by Crippen LogP contribution is 2.81. The Morgan fingerprint density at radius 1 is 1.45 bits per heavy atom. The van der Waals surface area contributed by atoms with E-state index in [1.165, 1.54) is 19.3 Å². The molecule has 0 heterocycles. The Balaban J connectivity index is 2.02. The van der Waals surface area contributed by atoms with Gasteiger partial charge in [-0.3, -0.25) is 0 Å². The van der Waals surface area contributed by atoms with Gasteiger partial charge in [-0.25, -0.2) is 0 Å². The molecule has 2 aliphatic carbocycles. The first kappa shape index (κ1) is 7.64. The molecule has 0 spiro atoms. The lowest BCUT2D eigenvalue weighted by atomic mass is 9.61. The normalized spacial score (nSPS) is 56.2. The standard InChI is InChI=1S/C11H20/c1-5-8(2)9-6-10(3)7-11(9,10)4/h8-9H,5-7H2,1-4H3. The quantitative estimate of drug-likeness (QED) is 0.568. The summed E-state index contributed by atoms with van der Waals surface area (Å²) in [5, 5.41) is 0. The molecule has 0 N–H and O–H groups in total. The Morgan fingerprint density at radius 2 is 2.09 bits per heavy atom. The zero-order valence-electron chi connectivity index (χ0n) is 8.28. The number of hydrogen-bond acceptors (Lipinski definition) is 0. The zero-order chi connectivity index (χ0) is 8.28. The number of fused-ring (bicyclic) bond motifs is 1. The van der Waals surface area contributed by atoms with Crippen LogP contribution in [-0.4, -0.2) is 0 Å². The van der Waals surface area contributed by atoms with Crippen molar-refractivity contribution in [3.8, 4) is 0 Å². The molecule has 2 fully saturated rings. The van der Waals surface area contributed by atoms with Gasteiger partial charge in [0.15, 0.2) is 0 Å². The van der Waals surface area contributed by atoms with Gasteiger partial charge in [-0.1, -0.05) is 34.1 Å². The molecule has 2 rings (SSSR count). The average molecular weight is 152 g/mol. The average Bonchev–Trinajstić information content (AvgIpc) is 2.36. The molecule has 4 unspecified atom stereocenters. The summed E-state index contributed by atoms with van der Waals surface area (Å²) in [6.45, 7) is 9.71. The van der Waals surface area contributed by atoms with E-state index in [0.29, 0.717) is 0 Å². The first-order valence-corrected chi connectivity index (χ1v) is 5.03. The van der Waals surface area contributed by atoms with Crippen LogP contribution in [0.1, 0.15) is 47.0 Å². The van der Waals surface area contributed by atoms with Gasteiger partial charge in [-0.2, -0.15) is 0 Å². The Labute approximate surface area is 70.4 Å². The van der Waals surface area contributed by atoms with Crippen molar-refractivity contribution in [2.75, 3.05) is 0 Å². The van der Waals surface area contributed by atoms with Crippen LogP contribution in [0, 0.1) is 22.7 Å². The van der Waals surface area contributed by atoms with Crippen LogP contribution in [0.25, 0.3) is 0 Å². The molecule has 0 aromatic heterocycles. The van der Waals surface area contributed by atoms with Crippen molar-refractivity contribution in [2.24, 2.45) is 22.7 Å². The fourth-order valence-corrected chi connectivity index (χ4v) is 3.34. The van der Waals surface area contributed by atoms with Gasteiger partial charge in [0.05, 0.1) is 0 Å². The maximum atomic E-state index is 2.49. The summed E-state index contributed by atoms with van der Waals surface area (Å²) in [5.41, 5.74) is 1.55. The van der Waals surface area contributed by atoms with E-state index in [-0.39, 0.29) is 0 Å². The van der Waals surface area contributed by atoms with Crippen molar-refractivity contribution >= 4 is 0 Å². The van der Waals surface area contributed by atoms with Gasteiger partial charge < -0.3 is 0 Å². The smallest absolute Gasteiger partial charge is 0.0235 e. The molecule has 0 aromatic carbocycles. The molecule has 0 nitrogen and oxygen atoms in total. The molecule has 64 valence electrons. The van der Waals surface area contributed by atoms with E-state index in [9.17, 15) is 0 Å². The fourth-order valence-electron chi connectivity index (χ4n) is 3.34. The van der Waals surface area contributed by atoms with E-state index in [1.807, 2.05) is 0 Å². The van der Waals surface area contributed by atoms with Crippen LogP contribution >= 0.6 is 0 Å². The molecule has 0 amide bonds. The number of hydrogen-bond donors (Lipinski definition) is 0. The molecule has 0 heteroatoms. The van der Waals surface area contributed by atoms with Crippen molar-refractivity contribution in [2.45, 2.75) is 47.0 Å². The highest BCUT2D eigenvalue weighted by Gasteiger charge is 2.73. The van der Waals surface area contributed by atoms with Crippen molar-refractivity contribution in [1.82, 2.24) is 0 Å². The minimum atomic E-state index is 0.766. The van der Waals surface area contributed by atoms with E-state index in [2.05, 4.69) is 27.7 Å². The summed E-state index contributed by atoms with van der Waals surface area (Å²) in [6.07, 6.45) is 4.39. The summed E-state index contributed by atoms with van der Waals surface area (Å²) in [5.74, 6) is 2.02. The van der Waals surface area contributed by atoms with Crippen LogP contribution in [0.5, 0.6) is 0 Å². The molecule has 0 bridgehead atoms. The minimum Gasteiger partial charge on any atom is -0.0651 e. The summed E-state index contributed by atoms with van der Waals surface area (Å²) >= 11 is 0. The minimum absolute atomic E-state index is 0.766. The number of rotatable bonds is 2. The summed E-state index contributed by atoms with van der Waals surface area (Å²) in [4.78, 5) is 0. The highest BCUT2D eigenvalue weighted by atomic mass is 14.8. The topological polar surface area (TPSA) is 0 Å². The first-order valence-electron chi connectivity index (χ1n) is 5.03. The van der Waals surface area contributed by atoms with Gasteiger partial charge in [-0.05, 0) is 35.5 Å². The third-order valence-electron chi connectivity index (χ3n) is 4.83. The Hall–Kier alpha value is 0. The third kappa shape index (κ3) is 0.711. The van der Waals surface area contributed by atoms with E-state index >= 15 is 0 Å². The summed E-state index contributed by atoms with van der Waals surface area (Å²) in [6, 6.07) is 0. The highest BCUT2D eigenvalue weighted by molar-refractivity contribution is 5.22. The van der Waals surface area contributed by atoms with Gasteiger partial charge in [0, 0.05) is 0 Å². The second kappa shape index (κ2) is 1.84. The van der Waals surface area contributed by atoms with Crippen molar-refractivity contribution in [1.29, 1.82) is 0 Å². The predicted molar refractivity (Wildman–Crippen MR) is 48.4 cm³/mol. The summed E-state index contributed by atoms with van der Waals surface area (Å²) in [7, 11) is 0. The lowest BCUT2D eigenvalue weighted by Gasteiger charge is -2.43. The van der Waals surface area contributed by atoms with Gasteiger partial charge >= 0.3 is 0 Å². The Bertz CT molecular complexity index is 184. The lowest BCUT2D eigenvalue weighted by molar-refractivity contribution is 0.0528. The van der Waals surface area contributed by atoms with Gasteiger partial charge in [-0.15, -0.1) is 0 Å². The van der Waals surface area contributed by atoms with E-state index in [4.69, 9.17) is 0 Å². The van der Waals surface area contributed by atoms with Gasteiger partial charge in [0.25, 0.3) is 0 Å². The van der Waals surface area contributed by atoms with Crippen LogP contribution in [0.3, 0.4) is 0 Å². The van der Waals surface area contributed by atoms with E-state index in [1.54, 1.807) is 0 Å². The zero-order valence-corrected chi connectivity index (χ0v) is 8.28. The molecule has 2 aliphatic rings. The largest absolute Gasteiger partial charge is 0.0651 e. The monoisotopic (exact) mass is 152 g/mol. The predicted octanol–water partition coefficient (Wildman–Crippen LogP) is 3.47. The second-order valence-corrected chi connectivity index (χ2v) is 5.35. The van der Waals surface area contributed by atoms with Crippen LogP contribution in [-0.2, 0) is 0 Å². The summed E-state index contributed by atoms with van der Waals surface area (Å²) < 4.78 is 0. The van der Waals surface area contributed by atoms with Crippen molar-refractivity contribution < 1.29 is 0 Å². The van der Waals surface area contributed by atoms with Crippen molar-refractivity contribution in [3.63, 3.8) is 0 Å². The molecular formula is C11H20. The van der Waals surface area contributed by atoms with Crippen LogP contribution in [0.4, 0.5) is 0 Å². The van der Waals surface area contributed by atoms with Crippen LogP contribution < -0.4 is 0 Å². The molecule has 2 saturated carbocycles. The third-order valence-corrected chi connectivity index (χ3v) is 4.83. The molecule has 0 saturated heterocycles. The molecule has 0 aliphatic heterocycles. The first-order chi connectivity index (χ1) is 5.03. The second-order valence-electron chi connectivity index (χ2n) is 5.35. The Morgan fingerprint density at radius 3 is 2.36 bits per heavy atom. The van der Waals surface area contributed by atoms with Gasteiger partial charge in [0.2, 0.25) is 0 Å². The van der Waals surface area contributed by atoms with Crippen LogP contribution in [0.2, 0.25) is 0 Å². The fraction of sp³-hybridized carbons (Fsp3) is 1.00. The van der Waals surface area contributed by atoms with Gasteiger partial charge in [0.1, 0.15) is 0 Å². The molecule has 11 heavy (non-hydrogen) atoms. The SMILES string of the molecule is CCC(C)C1CC2(C)CC12C. The van der Waals surface area contributed by atoms with Crippen molar-refractivity contribution in [3.05, 3.63) is 0 Å². The van der Waals surface area contributed by atoms with Crippen LogP contribution in [0.15, 0.2) is 0 Å². The molecule has 0 radical (unpaired) electrons. The van der Waals surface area contributed by atoms with E-state index < -0.39 is 0 Å². The maximum Gasteiger partial charge on any atom is -0.0235 e.